The lowest BCUT2D eigenvalue weighted by Crippen LogP contribution is -2.54. The lowest BCUT2D eigenvalue weighted by atomic mass is 10.1. The molecule has 0 saturated carbocycles. The Kier molecular flexibility index (Phi) is 6.82. The quantitative estimate of drug-likeness (QED) is 0.735. The maximum absolute atomic E-state index is 12.8. The van der Waals surface area contributed by atoms with Gasteiger partial charge in [-0.3, -0.25) is 19.4 Å². The number of carbonyl (C=O) groups excluding carboxylic acids is 2. The first-order chi connectivity index (χ1) is 14.6. The number of piperazine rings is 2. The molecule has 7 heteroatoms. The lowest BCUT2D eigenvalue weighted by Gasteiger charge is -2.38. The van der Waals surface area contributed by atoms with Crippen LogP contribution in [0.25, 0.3) is 0 Å². The summed E-state index contributed by atoms with van der Waals surface area (Å²) in [4.78, 5) is 34.5. The average molecular weight is 427 g/mol. The van der Waals surface area contributed by atoms with Crippen LogP contribution in [0.4, 0.5) is 0 Å². The van der Waals surface area contributed by atoms with E-state index < -0.39 is 0 Å². The molecule has 0 N–H and O–H groups in total. The van der Waals surface area contributed by atoms with Crippen molar-refractivity contribution in [2.75, 3.05) is 58.9 Å². The van der Waals surface area contributed by atoms with Crippen LogP contribution in [0.2, 0.25) is 0 Å². The van der Waals surface area contributed by atoms with Crippen LogP contribution in [0.15, 0.2) is 41.8 Å². The van der Waals surface area contributed by atoms with Gasteiger partial charge in [0.15, 0.2) is 0 Å². The molecule has 2 fully saturated rings. The minimum atomic E-state index is 0.112. The van der Waals surface area contributed by atoms with E-state index in [1.54, 1.807) is 0 Å². The molecule has 0 aliphatic carbocycles. The van der Waals surface area contributed by atoms with Crippen molar-refractivity contribution in [2.45, 2.75) is 13.5 Å². The van der Waals surface area contributed by atoms with Crippen molar-refractivity contribution in [2.24, 2.45) is 0 Å². The van der Waals surface area contributed by atoms with E-state index in [0.29, 0.717) is 19.6 Å². The predicted octanol–water partition coefficient (Wildman–Crippen LogP) is 2.16. The highest BCUT2D eigenvalue weighted by atomic mass is 32.1. The van der Waals surface area contributed by atoms with E-state index in [1.807, 2.05) is 27.3 Å². The highest BCUT2D eigenvalue weighted by Crippen LogP contribution is 2.15. The maximum atomic E-state index is 12.8. The van der Waals surface area contributed by atoms with Crippen LogP contribution in [0, 0.1) is 6.92 Å². The van der Waals surface area contributed by atoms with Crippen molar-refractivity contribution in [1.82, 2.24) is 19.6 Å². The van der Waals surface area contributed by atoms with Crippen LogP contribution in [0.3, 0.4) is 0 Å². The van der Waals surface area contributed by atoms with Gasteiger partial charge in [0.1, 0.15) is 0 Å². The molecule has 1 aromatic heterocycles. The van der Waals surface area contributed by atoms with Gasteiger partial charge in [0.05, 0.1) is 11.4 Å². The van der Waals surface area contributed by atoms with Crippen LogP contribution in [0.1, 0.15) is 20.8 Å². The number of benzene rings is 1. The second kappa shape index (κ2) is 9.73. The molecule has 0 spiro atoms. The number of hydrogen-bond donors (Lipinski definition) is 0. The summed E-state index contributed by atoms with van der Waals surface area (Å²) in [6.45, 7) is 9.85. The minimum absolute atomic E-state index is 0.112. The summed E-state index contributed by atoms with van der Waals surface area (Å²) in [5.74, 6) is 0.323. The van der Waals surface area contributed by atoms with Crippen LogP contribution < -0.4 is 0 Å². The molecule has 3 heterocycles. The molecule has 160 valence electrons. The third kappa shape index (κ3) is 5.28. The van der Waals surface area contributed by atoms with Gasteiger partial charge in [-0.1, -0.05) is 35.9 Å². The highest BCUT2D eigenvalue weighted by Gasteiger charge is 2.26. The molecule has 2 saturated heterocycles. The topological polar surface area (TPSA) is 47.1 Å². The molecule has 0 radical (unpaired) electrons. The zero-order valence-electron chi connectivity index (χ0n) is 17.6. The molecule has 4 rings (SSSR count). The first-order valence-corrected chi connectivity index (χ1v) is 11.6. The Labute approximate surface area is 182 Å². The molecular weight excluding hydrogens is 396 g/mol. The van der Waals surface area contributed by atoms with Gasteiger partial charge in [0, 0.05) is 58.9 Å². The minimum Gasteiger partial charge on any atom is -0.339 e. The number of thiophene rings is 1. The Morgan fingerprint density at radius 1 is 0.867 bits per heavy atom. The van der Waals surface area contributed by atoms with Gasteiger partial charge >= 0.3 is 0 Å². The van der Waals surface area contributed by atoms with E-state index >= 15 is 0 Å². The number of rotatable bonds is 5. The van der Waals surface area contributed by atoms with E-state index in [-0.39, 0.29) is 11.8 Å². The zero-order valence-corrected chi connectivity index (χ0v) is 18.4. The maximum Gasteiger partial charge on any atom is 0.264 e. The summed E-state index contributed by atoms with van der Waals surface area (Å²) in [6.07, 6.45) is 0. The molecule has 30 heavy (non-hydrogen) atoms. The standard InChI is InChI=1S/C23H30N4O2S/c1-19-4-2-5-20(16-19)17-24-7-11-26(12-8-24)22(28)18-25-9-13-27(14-10-25)23(29)21-6-3-15-30-21/h2-6,15-16H,7-14,17-18H2,1H3. The van der Waals surface area contributed by atoms with E-state index in [1.165, 1.54) is 22.5 Å². The Morgan fingerprint density at radius 3 is 2.23 bits per heavy atom. The fraction of sp³-hybridized carbons (Fsp3) is 0.478. The summed E-state index contributed by atoms with van der Waals surface area (Å²) < 4.78 is 0. The number of nitrogens with zero attached hydrogens (tertiary/aromatic N) is 4. The summed E-state index contributed by atoms with van der Waals surface area (Å²) in [6, 6.07) is 12.4. The molecule has 2 amide bonds. The van der Waals surface area contributed by atoms with Crippen LogP contribution in [-0.4, -0.2) is 90.3 Å². The summed E-state index contributed by atoms with van der Waals surface area (Å²) >= 11 is 1.49. The Hall–Kier alpha value is -2.22. The predicted molar refractivity (Wildman–Crippen MR) is 120 cm³/mol. The molecule has 1 aromatic carbocycles. The van der Waals surface area contributed by atoms with Crippen molar-refractivity contribution in [3.8, 4) is 0 Å². The number of aryl methyl sites for hydroxylation is 1. The van der Waals surface area contributed by atoms with E-state index in [9.17, 15) is 9.59 Å². The Bertz CT molecular complexity index is 854. The number of hydrogen-bond acceptors (Lipinski definition) is 5. The molecular formula is C23H30N4O2S. The lowest BCUT2D eigenvalue weighted by molar-refractivity contribution is -0.134. The fourth-order valence-corrected chi connectivity index (χ4v) is 4.87. The van der Waals surface area contributed by atoms with E-state index in [0.717, 1.165) is 50.7 Å². The number of amides is 2. The molecule has 0 unspecified atom stereocenters. The van der Waals surface area contributed by atoms with Crippen LogP contribution in [-0.2, 0) is 11.3 Å². The molecule has 2 aliphatic heterocycles. The second-order valence-electron chi connectivity index (χ2n) is 8.19. The van der Waals surface area contributed by atoms with Gasteiger partial charge in [-0.25, -0.2) is 0 Å². The van der Waals surface area contributed by atoms with Gasteiger partial charge in [-0.2, -0.15) is 0 Å². The van der Waals surface area contributed by atoms with Crippen molar-refractivity contribution < 1.29 is 9.59 Å². The van der Waals surface area contributed by atoms with Crippen molar-refractivity contribution >= 4 is 23.2 Å². The van der Waals surface area contributed by atoms with Crippen LogP contribution in [0.5, 0.6) is 0 Å². The largest absolute Gasteiger partial charge is 0.339 e. The van der Waals surface area contributed by atoms with Gasteiger partial charge in [-0.05, 0) is 23.9 Å². The van der Waals surface area contributed by atoms with Gasteiger partial charge in [0.2, 0.25) is 5.91 Å². The van der Waals surface area contributed by atoms with Crippen molar-refractivity contribution in [3.63, 3.8) is 0 Å². The first kappa shape index (κ1) is 21.0. The summed E-state index contributed by atoms with van der Waals surface area (Å²) in [5, 5.41) is 1.93. The molecule has 0 bridgehead atoms. The Balaban J connectivity index is 1.19. The SMILES string of the molecule is Cc1cccc(CN2CCN(C(=O)CN3CCN(C(=O)c4cccs4)CC3)CC2)c1. The van der Waals surface area contributed by atoms with Gasteiger partial charge < -0.3 is 9.80 Å². The first-order valence-electron chi connectivity index (χ1n) is 10.7. The fourth-order valence-electron chi connectivity index (χ4n) is 4.18. The zero-order chi connectivity index (χ0) is 20.9. The molecule has 6 nitrogen and oxygen atoms in total. The smallest absolute Gasteiger partial charge is 0.264 e. The Morgan fingerprint density at radius 2 is 1.57 bits per heavy atom. The number of carbonyl (C=O) groups is 2. The normalized spacial score (nSPS) is 18.6. The van der Waals surface area contributed by atoms with Crippen molar-refractivity contribution in [3.05, 3.63) is 57.8 Å². The average Bonchev–Trinajstić information content (AvgIpc) is 3.29. The highest BCUT2D eigenvalue weighted by molar-refractivity contribution is 7.12. The van der Waals surface area contributed by atoms with Crippen molar-refractivity contribution in [1.29, 1.82) is 0 Å². The monoisotopic (exact) mass is 426 g/mol. The molecule has 2 aromatic rings. The van der Waals surface area contributed by atoms with Gasteiger partial charge in [0.25, 0.3) is 5.91 Å². The third-order valence-corrected chi connectivity index (χ3v) is 6.82. The summed E-state index contributed by atoms with van der Waals surface area (Å²) in [7, 11) is 0. The van der Waals surface area contributed by atoms with E-state index in [4.69, 9.17) is 0 Å². The van der Waals surface area contributed by atoms with Crippen LogP contribution >= 0.6 is 11.3 Å². The molecule has 2 aliphatic rings. The second-order valence-corrected chi connectivity index (χ2v) is 9.14. The molecule has 0 atom stereocenters. The van der Waals surface area contributed by atoms with Gasteiger partial charge in [-0.15, -0.1) is 11.3 Å². The third-order valence-electron chi connectivity index (χ3n) is 5.96. The summed E-state index contributed by atoms with van der Waals surface area (Å²) in [5.41, 5.74) is 2.63. The van der Waals surface area contributed by atoms with E-state index in [2.05, 4.69) is 41.0 Å².